The van der Waals surface area contributed by atoms with E-state index in [2.05, 4.69) is 5.10 Å². The Labute approximate surface area is 192 Å². The third-order valence-electron chi connectivity index (χ3n) is 4.89. The molecule has 162 valence electrons. The Hall–Kier alpha value is -3.57. The summed E-state index contributed by atoms with van der Waals surface area (Å²) in [7, 11) is 0. The van der Waals surface area contributed by atoms with Crippen molar-refractivity contribution in [3.05, 3.63) is 95.0 Å². The smallest absolute Gasteiger partial charge is 0.280 e. The maximum Gasteiger partial charge on any atom is 0.280 e. The highest BCUT2D eigenvalue weighted by Crippen LogP contribution is 2.29. The van der Waals surface area contributed by atoms with Gasteiger partial charge in [0.25, 0.3) is 5.91 Å². The summed E-state index contributed by atoms with van der Waals surface area (Å²) >= 11 is 6.22. The predicted molar refractivity (Wildman–Crippen MR) is 129 cm³/mol. The molecule has 0 aromatic heterocycles. The summed E-state index contributed by atoms with van der Waals surface area (Å²) in [5, 5.41) is 6.40. The molecule has 0 bridgehead atoms. The van der Waals surface area contributed by atoms with E-state index in [0.717, 1.165) is 17.0 Å². The minimum Gasteiger partial charge on any atom is -0.493 e. The van der Waals surface area contributed by atoms with Crippen molar-refractivity contribution in [2.75, 3.05) is 18.2 Å². The minimum absolute atomic E-state index is 0.184. The second kappa shape index (κ2) is 10.2. The fourth-order valence-corrected chi connectivity index (χ4v) is 3.48. The van der Waals surface area contributed by atoms with Crippen molar-refractivity contribution >= 4 is 35.0 Å². The van der Waals surface area contributed by atoms with E-state index in [1.807, 2.05) is 73.7 Å². The third-order valence-corrected chi connectivity index (χ3v) is 5.13. The van der Waals surface area contributed by atoms with Gasteiger partial charge in [-0.1, -0.05) is 48.0 Å². The number of hydrazone groups is 1. The summed E-state index contributed by atoms with van der Waals surface area (Å²) < 4.78 is 11.7. The SMILES string of the molecule is CC1=NN(c2ccccc2)C(=O)/C1=C/c1cc(Cl)ccc1OCCCOc1ccccc1. The van der Waals surface area contributed by atoms with Gasteiger partial charge in [0.2, 0.25) is 0 Å². The highest BCUT2D eigenvalue weighted by atomic mass is 35.5. The summed E-state index contributed by atoms with van der Waals surface area (Å²) in [4.78, 5) is 13.0. The average molecular weight is 447 g/mol. The Morgan fingerprint density at radius 2 is 1.62 bits per heavy atom. The van der Waals surface area contributed by atoms with Gasteiger partial charge >= 0.3 is 0 Å². The first-order chi connectivity index (χ1) is 15.6. The number of ether oxygens (including phenoxy) is 2. The van der Waals surface area contributed by atoms with E-state index in [4.69, 9.17) is 21.1 Å². The van der Waals surface area contributed by atoms with Crippen LogP contribution in [-0.2, 0) is 4.79 Å². The molecule has 5 nitrogen and oxygen atoms in total. The summed E-state index contributed by atoms with van der Waals surface area (Å²) in [6, 6.07) is 24.4. The zero-order chi connectivity index (χ0) is 22.3. The van der Waals surface area contributed by atoms with Crippen LogP contribution in [0.5, 0.6) is 11.5 Å². The number of benzene rings is 3. The molecule has 1 heterocycles. The molecule has 3 aromatic rings. The molecule has 1 amide bonds. The first kappa shape index (κ1) is 21.7. The van der Waals surface area contributed by atoms with E-state index in [1.54, 1.807) is 18.2 Å². The van der Waals surface area contributed by atoms with Crippen LogP contribution >= 0.6 is 11.6 Å². The number of hydrogen-bond acceptors (Lipinski definition) is 4. The zero-order valence-electron chi connectivity index (χ0n) is 17.7. The van der Waals surface area contributed by atoms with Gasteiger partial charge in [-0.05, 0) is 55.5 Å². The fourth-order valence-electron chi connectivity index (χ4n) is 3.30. The van der Waals surface area contributed by atoms with Gasteiger partial charge in [-0.25, -0.2) is 0 Å². The van der Waals surface area contributed by atoms with Crippen molar-refractivity contribution < 1.29 is 14.3 Å². The largest absolute Gasteiger partial charge is 0.493 e. The van der Waals surface area contributed by atoms with Crippen LogP contribution in [0, 0.1) is 0 Å². The minimum atomic E-state index is -0.184. The molecule has 6 heteroatoms. The molecule has 0 saturated carbocycles. The Morgan fingerprint density at radius 3 is 2.38 bits per heavy atom. The number of rotatable bonds is 8. The van der Waals surface area contributed by atoms with Gasteiger partial charge in [0.1, 0.15) is 11.5 Å². The molecule has 0 unspecified atom stereocenters. The van der Waals surface area contributed by atoms with Crippen LogP contribution in [0.1, 0.15) is 18.9 Å². The van der Waals surface area contributed by atoms with Gasteiger partial charge in [-0.15, -0.1) is 0 Å². The lowest BCUT2D eigenvalue weighted by molar-refractivity contribution is -0.114. The van der Waals surface area contributed by atoms with Crippen molar-refractivity contribution in [3.63, 3.8) is 0 Å². The van der Waals surface area contributed by atoms with Gasteiger partial charge in [-0.3, -0.25) is 4.79 Å². The lowest BCUT2D eigenvalue weighted by atomic mass is 10.1. The predicted octanol–water partition coefficient (Wildman–Crippen LogP) is 5.99. The quantitative estimate of drug-likeness (QED) is 0.315. The summed E-state index contributed by atoms with van der Waals surface area (Å²) in [6.07, 6.45) is 2.50. The first-order valence-corrected chi connectivity index (χ1v) is 10.8. The van der Waals surface area contributed by atoms with E-state index in [9.17, 15) is 4.79 Å². The molecule has 0 fully saturated rings. The van der Waals surface area contributed by atoms with Gasteiger partial charge in [0, 0.05) is 17.0 Å². The van der Waals surface area contributed by atoms with Crippen LogP contribution in [0.15, 0.2) is 89.5 Å². The number of halogens is 1. The van der Waals surface area contributed by atoms with E-state index in [-0.39, 0.29) is 5.91 Å². The molecular formula is C26H23ClN2O3. The maximum atomic E-state index is 13.0. The number of para-hydroxylation sites is 2. The van der Waals surface area contributed by atoms with Crippen molar-refractivity contribution in [3.8, 4) is 11.5 Å². The highest BCUT2D eigenvalue weighted by molar-refractivity contribution is 6.33. The zero-order valence-corrected chi connectivity index (χ0v) is 18.5. The summed E-state index contributed by atoms with van der Waals surface area (Å²) in [5.74, 6) is 1.30. The Morgan fingerprint density at radius 1 is 0.938 bits per heavy atom. The highest BCUT2D eigenvalue weighted by Gasteiger charge is 2.28. The Bertz CT molecular complexity index is 1140. The van der Waals surface area contributed by atoms with Crippen LogP contribution < -0.4 is 14.5 Å². The van der Waals surface area contributed by atoms with E-state index in [1.165, 1.54) is 5.01 Å². The van der Waals surface area contributed by atoms with Gasteiger partial charge in [-0.2, -0.15) is 10.1 Å². The van der Waals surface area contributed by atoms with E-state index >= 15 is 0 Å². The van der Waals surface area contributed by atoms with E-state index in [0.29, 0.717) is 41.7 Å². The van der Waals surface area contributed by atoms with Crippen molar-refractivity contribution in [1.82, 2.24) is 0 Å². The van der Waals surface area contributed by atoms with Crippen LogP contribution in [0.2, 0.25) is 5.02 Å². The standard InChI is InChI=1S/C26H23ClN2O3/c1-19-24(26(30)29(28-19)22-9-4-2-5-10-22)18-20-17-21(27)13-14-25(20)32-16-8-15-31-23-11-6-3-7-12-23/h2-7,9-14,17-18H,8,15-16H2,1H3/b24-18+. The van der Waals surface area contributed by atoms with Crippen LogP contribution in [0.4, 0.5) is 5.69 Å². The van der Waals surface area contributed by atoms with Crippen LogP contribution in [-0.4, -0.2) is 24.8 Å². The molecule has 4 rings (SSSR count). The lowest BCUT2D eigenvalue weighted by Crippen LogP contribution is -2.21. The molecule has 1 aliphatic rings. The molecule has 0 N–H and O–H groups in total. The van der Waals surface area contributed by atoms with Crippen molar-refractivity contribution in [2.24, 2.45) is 5.10 Å². The normalized spacial score (nSPS) is 14.6. The van der Waals surface area contributed by atoms with Gasteiger partial charge in [0.05, 0.1) is 30.2 Å². The van der Waals surface area contributed by atoms with Crippen LogP contribution in [0.3, 0.4) is 0 Å². The molecule has 1 aliphatic heterocycles. The average Bonchev–Trinajstić information content (AvgIpc) is 3.10. The topological polar surface area (TPSA) is 51.1 Å². The number of carbonyl (C=O) groups excluding carboxylic acids is 1. The van der Waals surface area contributed by atoms with Gasteiger partial charge < -0.3 is 9.47 Å². The molecular weight excluding hydrogens is 424 g/mol. The molecule has 0 atom stereocenters. The van der Waals surface area contributed by atoms with Crippen molar-refractivity contribution in [2.45, 2.75) is 13.3 Å². The molecule has 0 saturated heterocycles. The van der Waals surface area contributed by atoms with Gasteiger partial charge in [0.15, 0.2) is 0 Å². The number of amides is 1. The van der Waals surface area contributed by atoms with E-state index < -0.39 is 0 Å². The molecule has 3 aromatic carbocycles. The first-order valence-electron chi connectivity index (χ1n) is 10.4. The second-order valence-corrected chi connectivity index (χ2v) is 7.68. The number of carbonyl (C=O) groups is 1. The summed E-state index contributed by atoms with van der Waals surface area (Å²) in [5.41, 5.74) is 2.60. The maximum absolute atomic E-state index is 13.0. The third kappa shape index (κ3) is 5.18. The molecule has 0 aliphatic carbocycles. The summed E-state index contributed by atoms with van der Waals surface area (Å²) in [6.45, 7) is 2.84. The van der Waals surface area contributed by atoms with Crippen LogP contribution in [0.25, 0.3) is 6.08 Å². The fraction of sp³-hybridized carbons (Fsp3) is 0.154. The number of nitrogens with zero attached hydrogens (tertiary/aromatic N) is 2. The molecule has 0 radical (unpaired) electrons. The monoisotopic (exact) mass is 446 g/mol. The van der Waals surface area contributed by atoms with Crippen molar-refractivity contribution in [1.29, 1.82) is 0 Å². The second-order valence-electron chi connectivity index (χ2n) is 7.24. The number of hydrogen-bond donors (Lipinski definition) is 0. The lowest BCUT2D eigenvalue weighted by Gasteiger charge is -2.12. The Balaban J connectivity index is 1.44. The number of anilines is 1. The Kier molecular flexibility index (Phi) is 6.87. The molecule has 0 spiro atoms. The molecule has 32 heavy (non-hydrogen) atoms.